The molecule has 0 aliphatic carbocycles. The fourth-order valence-electron chi connectivity index (χ4n) is 5.24. The third kappa shape index (κ3) is 10.2. The van der Waals surface area contributed by atoms with Crippen LogP contribution in [0, 0.1) is 18.3 Å². The minimum Gasteiger partial charge on any atom is -0.460 e. The molecule has 2 heterocycles. The van der Waals surface area contributed by atoms with E-state index in [1.54, 1.807) is 11.3 Å². The van der Waals surface area contributed by atoms with Crippen LogP contribution >= 0.6 is 11.3 Å². The average molecular weight is 614 g/mol. The summed E-state index contributed by atoms with van der Waals surface area (Å²) in [5.74, 6) is -1.61. The molecule has 0 unspecified atom stereocenters. The number of nitrogens with one attached hydrogen (secondary N) is 1. The predicted octanol–water partition coefficient (Wildman–Crippen LogP) is 5.22. The Morgan fingerprint density at radius 3 is 2.30 bits per heavy atom. The number of aliphatic hydroxyl groups excluding tert-OH is 1. The molecule has 1 aliphatic rings. The van der Waals surface area contributed by atoms with Gasteiger partial charge in [0.15, 0.2) is 0 Å². The number of ketones is 1. The monoisotopic (exact) mass is 613 g/mol. The van der Waals surface area contributed by atoms with Crippen LogP contribution in [0.1, 0.15) is 91.3 Å². The number of benzene rings is 1. The second kappa shape index (κ2) is 14.6. The Balaban J connectivity index is 1.57. The van der Waals surface area contributed by atoms with Crippen molar-refractivity contribution in [2.75, 3.05) is 6.54 Å². The van der Waals surface area contributed by atoms with Gasteiger partial charge in [0.1, 0.15) is 17.4 Å². The van der Waals surface area contributed by atoms with Gasteiger partial charge >= 0.3 is 5.97 Å². The number of aliphatic hydroxyl groups is 1. The van der Waals surface area contributed by atoms with E-state index >= 15 is 0 Å². The van der Waals surface area contributed by atoms with Crippen molar-refractivity contribution in [2.45, 2.75) is 111 Å². The van der Waals surface area contributed by atoms with Gasteiger partial charge in [-0.05, 0) is 57.1 Å². The van der Waals surface area contributed by atoms with Gasteiger partial charge in [-0.1, -0.05) is 45.0 Å². The summed E-state index contributed by atoms with van der Waals surface area (Å²) in [6.07, 6.45) is 0.939. The number of ether oxygens (including phenoxy) is 1. The van der Waals surface area contributed by atoms with Gasteiger partial charge in [0.25, 0.3) is 0 Å². The van der Waals surface area contributed by atoms with E-state index in [4.69, 9.17) is 4.74 Å². The zero-order valence-electron chi connectivity index (χ0n) is 26.6. The molecule has 43 heavy (non-hydrogen) atoms. The summed E-state index contributed by atoms with van der Waals surface area (Å²) in [4.78, 5) is 58.8. The number of amides is 2. The molecule has 3 atom stereocenters. The number of nitrogens with zero attached hydrogens (tertiary/aromatic N) is 2. The number of likely N-dealkylation sites (tertiary alicyclic amines) is 1. The Labute approximate surface area is 259 Å². The second-order valence-corrected chi connectivity index (χ2v) is 14.4. The molecule has 2 aromatic rings. The second-order valence-electron chi connectivity index (χ2n) is 13.5. The van der Waals surface area contributed by atoms with Crippen molar-refractivity contribution in [3.8, 4) is 10.4 Å². The molecule has 2 amide bonds. The first-order valence-corrected chi connectivity index (χ1v) is 15.9. The third-order valence-electron chi connectivity index (χ3n) is 7.57. The maximum atomic E-state index is 13.8. The SMILES string of the molecule is Cc1ncsc1-c1ccc(CNC(=O)[C@@H]2C[C@@H](O)CN2C(=O)[C@@H](CC(=O)CCCCC(=O)OC(C)(C)C)C(C)(C)C)cc1. The summed E-state index contributed by atoms with van der Waals surface area (Å²) in [5, 5.41) is 13.4. The van der Waals surface area contributed by atoms with E-state index in [1.165, 1.54) is 4.90 Å². The molecule has 10 heteroatoms. The van der Waals surface area contributed by atoms with Crippen LogP contribution in [-0.4, -0.2) is 62.8 Å². The summed E-state index contributed by atoms with van der Waals surface area (Å²) in [6.45, 7) is 13.5. The van der Waals surface area contributed by atoms with Crippen molar-refractivity contribution in [3.63, 3.8) is 0 Å². The molecule has 0 spiro atoms. The minimum absolute atomic E-state index is 0.0429. The number of β-amino-alcohol motifs (C(OH)–C–C–N with tert-alkyl or cyclic N) is 1. The maximum Gasteiger partial charge on any atom is 0.306 e. The summed E-state index contributed by atoms with van der Waals surface area (Å²) in [7, 11) is 0. The zero-order chi connectivity index (χ0) is 31.9. The highest BCUT2D eigenvalue weighted by atomic mass is 32.1. The molecule has 1 aromatic carbocycles. The van der Waals surface area contributed by atoms with Crippen LogP contribution in [0.2, 0.25) is 0 Å². The van der Waals surface area contributed by atoms with Crippen LogP contribution in [0.25, 0.3) is 10.4 Å². The maximum absolute atomic E-state index is 13.8. The van der Waals surface area contributed by atoms with Crippen LogP contribution in [0.3, 0.4) is 0 Å². The van der Waals surface area contributed by atoms with E-state index in [0.717, 1.165) is 21.7 Å². The highest BCUT2D eigenvalue weighted by molar-refractivity contribution is 7.13. The standard InChI is InChI=1S/C33H47N3O6S/c1-21-29(43-20-35-21)23-14-12-22(13-15-23)18-34-30(40)27-17-25(38)19-36(27)31(41)26(32(2,3)4)16-24(37)10-8-9-11-28(39)42-33(5,6)7/h12-15,20,25-27,38H,8-11,16-19H2,1-7H3,(H,34,40)/t25-,26-,27+/m1/s1. The summed E-state index contributed by atoms with van der Waals surface area (Å²) in [5.41, 5.74) is 3.70. The molecule has 0 saturated carbocycles. The van der Waals surface area contributed by atoms with Crippen molar-refractivity contribution in [2.24, 2.45) is 11.3 Å². The largest absolute Gasteiger partial charge is 0.460 e. The molecule has 1 fully saturated rings. The van der Waals surface area contributed by atoms with Crippen LogP contribution in [0.4, 0.5) is 0 Å². The molecule has 2 N–H and O–H groups in total. The predicted molar refractivity (Wildman–Crippen MR) is 167 cm³/mol. The summed E-state index contributed by atoms with van der Waals surface area (Å²) >= 11 is 1.58. The number of esters is 1. The first kappa shape index (κ1) is 34.4. The molecule has 3 rings (SSSR count). The number of thiazole rings is 1. The number of Topliss-reactive ketones (excluding diaryl/α,β-unsaturated/α-hetero) is 1. The van der Waals surface area contributed by atoms with E-state index in [-0.39, 0.29) is 55.8 Å². The number of hydrogen-bond acceptors (Lipinski definition) is 8. The van der Waals surface area contributed by atoms with E-state index in [1.807, 2.05) is 78.2 Å². The fraction of sp³-hybridized carbons (Fsp3) is 0.606. The van der Waals surface area contributed by atoms with Crippen molar-refractivity contribution in [3.05, 3.63) is 41.0 Å². The molecule has 1 saturated heterocycles. The molecule has 1 aromatic heterocycles. The van der Waals surface area contributed by atoms with Gasteiger partial charge in [-0.2, -0.15) is 0 Å². The van der Waals surface area contributed by atoms with Crippen LogP contribution in [-0.2, 0) is 30.5 Å². The molecular formula is C33H47N3O6S. The lowest BCUT2D eigenvalue weighted by molar-refractivity contribution is -0.155. The van der Waals surface area contributed by atoms with Gasteiger partial charge in [0.2, 0.25) is 11.8 Å². The molecule has 1 aliphatic heterocycles. The van der Waals surface area contributed by atoms with E-state index in [2.05, 4.69) is 10.3 Å². The lowest BCUT2D eigenvalue weighted by atomic mass is 9.76. The van der Waals surface area contributed by atoms with Gasteiger partial charge in [-0.3, -0.25) is 19.2 Å². The van der Waals surface area contributed by atoms with Gasteiger partial charge in [0.05, 0.1) is 22.2 Å². The molecule has 236 valence electrons. The molecular weight excluding hydrogens is 566 g/mol. The quantitative estimate of drug-likeness (QED) is 0.248. The van der Waals surface area contributed by atoms with E-state index < -0.39 is 29.1 Å². The summed E-state index contributed by atoms with van der Waals surface area (Å²) < 4.78 is 5.32. The third-order valence-corrected chi connectivity index (χ3v) is 8.55. The van der Waals surface area contributed by atoms with Crippen LogP contribution in [0.5, 0.6) is 0 Å². The lowest BCUT2D eigenvalue weighted by Crippen LogP contribution is -2.50. The smallest absolute Gasteiger partial charge is 0.306 e. The first-order chi connectivity index (χ1) is 20.0. The highest BCUT2D eigenvalue weighted by Crippen LogP contribution is 2.34. The number of aryl methyl sites for hydroxylation is 1. The van der Waals surface area contributed by atoms with Crippen molar-refractivity contribution >= 4 is 34.9 Å². The number of carbonyl (C=O) groups is 4. The van der Waals surface area contributed by atoms with Gasteiger partial charge in [0, 0.05) is 44.7 Å². The van der Waals surface area contributed by atoms with Crippen molar-refractivity contribution in [1.29, 1.82) is 0 Å². The number of carbonyl (C=O) groups excluding carboxylic acids is 4. The highest BCUT2D eigenvalue weighted by Gasteiger charge is 2.44. The Morgan fingerprint density at radius 2 is 1.72 bits per heavy atom. The average Bonchev–Trinajstić information content (AvgIpc) is 3.52. The number of hydrogen-bond donors (Lipinski definition) is 2. The molecule has 0 radical (unpaired) electrons. The van der Waals surface area contributed by atoms with E-state index in [9.17, 15) is 24.3 Å². The Bertz CT molecular complexity index is 1270. The number of aromatic nitrogens is 1. The van der Waals surface area contributed by atoms with Crippen molar-refractivity contribution < 1.29 is 29.0 Å². The molecule has 9 nitrogen and oxygen atoms in total. The van der Waals surface area contributed by atoms with Gasteiger partial charge in [-0.25, -0.2) is 4.98 Å². The number of unbranched alkanes of at least 4 members (excludes halogenated alkanes) is 1. The van der Waals surface area contributed by atoms with Gasteiger partial charge < -0.3 is 20.1 Å². The Kier molecular flexibility index (Phi) is 11.7. The Hall–Kier alpha value is -3.11. The number of rotatable bonds is 12. The van der Waals surface area contributed by atoms with Crippen LogP contribution in [0.15, 0.2) is 29.8 Å². The van der Waals surface area contributed by atoms with Crippen molar-refractivity contribution in [1.82, 2.24) is 15.2 Å². The first-order valence-electron chi connectivity index (χ1n) is 15.0. The molecule has 0 bridgehead atoms. The van der Waals surface area contributed by atoms with Crippen LogP contribution < -0.4 is 5.32 Å². The zero-order valence-corrected chi connectivity index (χ0v) is 27.4. The minimum atomic E-state index is -0.814. The normalized spacial score (nSPS) is 17.9. The lowest BCUT2D eigenvalue weighted by Gasteiger charge is -2.34. The van der Waals surface area contributed by atoms with E-state index in [0.29, 0.717) is 19.4 Å². The van der Waals surface area contributed by atoms with Gasteiger partial charge in [-0.15, -0.1) is 11.3 Å². The Morgan fingerprint density at radius 1 is 1.07 bits per heavy atom. The summed E-state index contributed by atoms with van der Waals surface area (Å²) in [6, 6.07) is 7.10. The fourth-order valence-corrected chi connectivity index (χ4v) is 6.06. The topological polar surface area (TPSA) is 126 Å².